The molecule has 3 aromatic heterocycles. The summed E-state index contributed by atoms with van der Waals surface area (Å²) in [7, 11) is 2.09. The third-order valence-corrected chi connectivity index (χ3v) is 5.54. The lowest BCUT2D eigenvalue weighted by atomic mass is 10.2. The zero-order valence-corrected chi connectivity index (χ0v) is 14.9. The summed E-state index contributed by atoms with van der Waals surface area (Å²) in [5.41, 5.74) is 4.59. The van der Waals surface area contributed by atoms with E-state index in [1.165, 1.54) is 38.1 Å². The Bertz CT molecular complexity index is 1430. The van der Waals surface area contributed by atoms with Gasteiger partial charge in [0.05, 0.1) is 16.6 Å². The topological polar surface area (TPSA) is 22.8 Å². The van der Waals surface area contributed by atoms with Crippen LogP contribution in [0.5, 0.6) is 0 Å². The number of aryl methyl sites for hydroxylation is 1. The molecular formula is C24H17N3. The van der Waals surface area contributed by atoms with Crippen molar-refractivity contribution in [2.45, 2.75) is 0 Å². The average molecular weight is 347 g/mol. The number of nitrogens with zero attached hydrogens (tertiary/aromatic N) is 3. The van der Waals surface area contributed by atoms with Crippen LogP contribution in [0.3, 0.4) is 0 Å². The maximum atomic E-state index is 5.08. The van der Waals surface area contributed by atoms with E-state index in [0.717, 1.165) is 11.5 Å². The number of hydrogen-bond donors (Lipinski definition) is 0. The summed E-state index contributed by atoms with van der Waals surface area (Å²) in [6.07, 6.45) is 0. The minimum atomic E-state index is 0.950. The molecule has 3 aromatic carbocycles. The van der Waals surface area contributed by atoms with Crippen molar-refractivity contribution >= 4 is 43.7 Å². The largest absolute Gasteiger partial charge is 0.328 e. The highest BCUT2D eigenvalue weighted by atomic mass is 15.1. The summed E-state index contributed by atoms with van der Waals surface area (Å²) in [5, 5.41) is 4.95. The first-order chi connectivity index (χ1) is 13.3. The maximum Gasteiger partial charge on any atom is 0.143 e. The summed E-state index contributed by atoms with van der Waals surface area (Å²) in [6.45, 7) is 0. The van der Waals surface area contributed by atoms with Crippen molar-refractivity contribution in [3.8, 4) is 5.82 Å². The molecule has 0 radical (unpaired) electrons. The first-order valence-electron chi connectivity index (χ1n) is 9.16. The smallest absolute Gasteiger partial charge is 0.143 e. The van der Waals surface area contributed by atoms with Crippen molar-refractivity contribution in [2.24, 2.45) is 7.05 Å². The SMILES string of the molecule is Cn1c2ccccc2c2ccc(-n3c4ccccc4c4ccccc43)nc21. The Labute approximate surface area is 156 Å². The van der Waals surface area contributed by atoms with E-state index in [9.17, 15) is 0 Å². The Hall–Kier alpha value is -3.59. The van der Waals surface area contributed by atoms with Crippen molar-refractivity contribution in [1.82, 2.24) is 14.1 Å². The van der Waals surface area contributed by atoms with Crippen molar-refractivity contribution in [2.75, 3.05) is 0 Å². The van der Waals surface area contributed by atoms with Crippen LogP contribution in [0.4, 0.5) is 0 Å². The lowest BCUT2D eigenvalue weighted by molar-refractivity contribution is 0.975. The number of pyridine rings is 1. The molecule has 0 bridgehead atoms. The van der Waals surface area contributed by atoms with Crippen LogP contribution < -0.4 is 0 Å². The van der Waals surface area contributed by atoms with E-state index < -0.39 is 0 Å². The molecule has 0 aliphatic carbocycles. The van der Waals surface area contributed by atoms with Gasteiger partial charge in [-0.1, -0.05) is 54.6 Å². The predicted molar refractivity (Wildman–Crippen MR) is 113 cm³/mol. The Morgan fingerprint density at radius 3 is 1.70 bits per heavy atom. The lowest BCUT2D eigenvalue weighted by Gasteiger charge is -2.07. The molecule has 128 valence electrons. The van der Waals surface area contributed by atoms with Gasteiger partial charge in [0, 0.05) is 28.6 Å². The van der Waals surface area contributed by atoms with Gasteiger partial charge in [-0.2, -0.15) is 0 Å². The van der Waals surface area contributed by atoms with E-state index in [1.54, 1.807) is 0 Å². The Kier molecular flexibility index (Phi) is 2.81. The maximum absolute atomic E-state index is 5.08. The fourth-order valence-corrected chi connectivity index (χ4v) is 4.31. The molecular weight excluding hydrogens is 330 g/mol. The summed E-state index contributed by atoms with van der Waals surface area (Å²) in [6, 6.07) is 29.9. The second-order valence-corrected chi connectivity index (χ2v) is 6.99. The quantitative estimate of drug-likeness (QED) is 0.367. The first kappa shape index (κ1) is 14.6. The molecule has 0 unspecified atom stereocenters. The second kappa shape index (κ2) is 5.21. The number of para-hydroxylation sites is 3. The van der Waals surface area contributed by atoms with Crippen LogP contribution >= 0.6 is 0 Å². The van der Waals surface area contributed by atoms with Gasteiger partial charge in [-0.15, -0.1) is 0 Å². The van der Waals surface area contributed by atoms with Crippen LogP contribution in [0.1, 0.15) is 0 Å². The first-order valence-corrected chi connectivity index (χ1v) is 9.16. The van der Waals surface area contributed by atoms with Gasteiger partial charge >= 0.3 is 0 Å². The zero-order chi connectivity index (χ0) is 18.0. The fourth-order valence-electron chi connectivity index (χ4n) is 4.31. The van der Waals surface area contributed by atoms with E-state index in [-0.39, 0.29) is 0 Å². The van der Waals surface area contributed by atoms with Gasteiger partial charge in [-0.25, -0.2) is 4.98 Å². The van der Waals surface area contributed by atoms with Gasteiger partial charge in [-0.05, 0) is 30.3 Å². The predicted octanol–water partition coefficient (Wildman–Crippen LogP) is 5.82. The molecule has 3 heterocycles. The molecule has 0 aliphatic heterocycles. The molecule has 0 atom stereocenters. The summed E-state index contributed by atoms with van der Waals surface area (Å²) in [5.74, 6) is 0.950. The van der Waals surface area contributed by atoms with Crippen molar-refractivity contribution < 1.29 is 0 Å². The van der Waals surface area contributed by atoms with Gasteiger partial charge < -0.3 is 4.57 Å². The molecule has 0 fully saturated rings. The molecule has 6 aromatic rings. The third kappa shape index (κ3) is 1.88. The fraction of sp³-hybridized carbons (Fsp3) is 0.0417. The number of hydrogen-bond acceptors (Lipinski definition) is 1. The minimum absolute atomic E-state index is 0.950. The molecule has 0 saturated heterocycles. The molecule has 0 spiro atoms. The van der Waals surface area contributed by atoms with Crippen LogP contribution in [0.2, 0.25) is 0 Å². The summed E-state index contributed by atoms with van der Waals surface area (Å²) in [4.78, 5) is 5.08. The highest BCUT2D eigenvalue weighted by Crippen LogP contribution is 2.33. The van der Waals surface area contributed by atoms with E-state index in [1.807, 2.05) is 0 Å². The van der Waals surface area contributed by atoms with Crippen LogP contribution in [0.15, 0.2) is 84.9 Å². The molecule has 0 saturated carbocycles. The van der Waals surface area contributed by atoms with Crippen molar-refractivity contribution in [1.29, 1.82) is 0 Å². The molecule has 6 rings (SSSR count). The Morgan fingerprint density at radius 1 is 0.556 bits per heavy atom. The van der Waals surface area contributed by atoms with E-state index in [4.69, 9.17) is 4.98 Å². The van der Waals surface area contributed by atoms with E-state index in [2.05, 4.69) is 101 Å². The van der Waals surface area contributed by atoms with Crippen LogP contribution in [-0.2, 0) is 7.05 Å². The van der Waals surface area contributed by atoms with Crippen LogP contribution in [0.25, 0.3) is 49.6 Å². The van der Waals surface area contributed by atoms with Gasteiger partial charge in [-0.3, -0.25) is 4.57 Å². The lowest BCUT2D eigenvalue weighted by Crippen LogP contribution is -1.99. The van der Waals surface area contributed by atoms with Crippen LogP contribution in [0, 0.1) is 0 Å². The Balaban J connectivity index is 1.75. The van der Waals surface area contributed by atoms with Gasteiger partial charge in [0.1, 0.15) is 11.5 Å². The van der Waals surface area contributed by atoms with Crippen LogP contribution in [-0.4, -0.2) is 14.1 Å². The van der Waals surface area contributed by atoms with Gasteiger partial charge in [0.2, 0.25) is 0 Å². The Morgan fingerprint density at radius 2 is 1.07 bits per heavy atom. The number of fused-ring (bicyclic) bond motifs is 6. The molecule has 3 nitrogen and oxygen atoms in total. The number of aromatic nitrogens is 3. The zero-order valence-electron chi connectivity index (χ0n) is 14.9. The van der Waals surface area contributed by atoms with Crippen molar-refractivity contribution in [3.63, 3.8) is 0 Å². The molecule has 0 amide bonds. The summed E-state index contributed by atoms with van der Waals surface area (Å²) >= 11 is 0. The van der Waals surface area contributed by atoms with Crippen molar-refractivity contribution in [3.05, 3.63) is 84.9 Å². The van der Waals surface area contributed by atoms with Gasteiger partial charge in [0.25, 0.3) is 0 Å². The third-order valence-electron chi connectivity index (χ3n) is 5.54. The highest BCUT2D eigenvalue weighted by Gasteiger charge is 2.14. The normalized spacial score (nSPS) is 11.9. The van der Waals surface area contributed by atoms with Gasteiger partial charge in [0.15, 0.2) is 0 Å². The summed E-state index contributed by atoms with van der Waals surface area (Å²) < 4.78 is 4.45. The monoisotopic (exact) mass is 347 g/mol. The standard InChI is InChI=1S/C24H17N3/c1-26-20-11-5-2-10-18(20)19-14-15-23(25-24(19)26)27-21-12-6-3-8-16(21)17-9-4-7-13-22(17)27/h2-15H,1H3. The molecule has 0 aliphatic rings. The number of rotatable bonds is 1. The molecule has 27 heavy (non-hydrogen) atoms. The highest BCUT2D eigenvalue weighted by molar-refractivity contribution is 6.10. The number of benzene rings is 3. The minimum Gasteiger partial charge on any atom is -0.328 e. The molecule has 0 N–H and O–H groups in total. The van der Waals surface area contributed by atoms with E-state index >= 15 is 0 Å². The van der Waals surface area contributed by atoms with E-state index in [0.29, 0.717) is 0 Å². The average Bonchev–Trinajstić information content (AvgIpc) is 3.21. The second-order valence-electron chi connectivity index (χ2n) is 6.99. The molecule has 3 heteroatoms.